The Balaban J connectivity index is 2.53. The molecule has 1 rings (SSSR count). The minimum atomic E-state index is -1.11. The van der Waals surface area contributed by atoms with Gasteiger partial charge in [-0.2, -0.15) is 0 Å². The molecular formula is C16H24N2O7. The zero-order chi connectivity index (χ0) is 18.8. The van der Waals surface area contributed by atoms with Gasteiger partial charge in [0, 0.05) is 0 Å². The molecule has 0 bridgehead atoms. The van der Waals surface area contributed by atoms with Crippen LogP contribution in [0, 0.1) is 5.92 Å². The molecule has 0 aliphatic carbocycles. The lowest BCUT2D eigenvalue weighted by molar-refractivity contribution is -0.492. The van der Waals surface area contributed by atoms with E-state index in [1.54, 1.807) is 18.2 Å². The number of carbonyl (C=O) groups is 2. The third-order valence-electron chi connectivity index (χ3n) is 3.22. The van der Waals surface area contributed by atoms with Gasteiger partial charge in [0.1, 0.15) is 11.8 Å². The summed E-state index contributed by atoms with van der Waals surface area (Å²) in [6.07, 6.45) is 0.558. The number of benzene rings is 1. The summed E-state index contributed by atoms with van der Waals surface area (Å²) >= 11 is 0. The highest BCUT2D eigenvalue weighted by atomic mass is 17.1. The van der Waals surface area contributed by atoms with Crippen LogP contribution in [-0.4, -0.2) is 45.6 Å². The standard InChI is InChI=1S/C16H24N2O7/c1-11(2)9-14(15(19)20)17-16(21)25-13-7-3-5-12(10-13)6-4-8-24-18(22)23/h3,5,7,10-11,14,22-23H,4,6,8-9H2,1-2H3,(H,17,21)(H,19,20). The average molecular weight is 356 g/mol. The lowest BCUT2D eigenvalue weighted by Gasteiger charge is -2.16. The summed E-state index contributed by atoms with van der Waals surface area (Å²) in [5, 5.41) is 27.9. The van der Waals surface area contributed by atoms with Gasteiger partial charge in [-0.05, 0) is 42.9 Å². The number of amides is 1. The second-order valence-corrected chi connectivity index (χ2v) is 5.89. The van der Waals surface area contributed by atoms with Crippen molar-refractivity contribution in [1.29, 1.82) is 0 Å². The molecular weight excluding hydrogens is 332 g/mol. The Kier molecular flexibility index (Phi) is 8.86. The predicted molar refractivity (Wildman–Crippen MR) is 86.2 cm³/mol. The van der Waals surface area contributed by atoms with Crippen molar-refractivity contribution in [3.05, 3.63) is 29.8 Å². The van der Waals surface area contributed by atoms with Gasteiger partial charge in [-0.15, -0.1) is 0 Å². The summed E-state index contributed by atoms with van der Waals surface area (Å²) in [4.78, 5) is 27.5. The summed E-state index contributed by atoms with van der Waals surface area (Å²) in [7, 11) is 0. The summed E-state index contributed by atoms with van der Waals surface area (Å²) in [6.45, 7) is 3.83. The van der Waals surface area contributed by atoms with Crippen molar-refractivity contribution >= 4 is 12.1 Å². The molecule has 0 saturated carbocycles. The molecule has 1 amide bonds. The number of carboxylic acid groups (broad SMARTS) is 1. The third kappa shape index (κ3) is 9.01. The molecule has 0 aromatic heterocycles. The fraction of sp³-hybridized carbons (Fsp3) is 0.500. The monoisotopic (exact) mass is 356 g/mol. The predicted octanol–water partition coefficient (Wildman–Crippen LogP) is 2.22. The van der Waals surface area contributed by atoms with Crippen LogP contribution < -0.4 is 10.1 Å². The smallest absolute Gasteiger partial charge is 0.413 e. The van der Waals surface area contributed by atoms with Gasteiger partial charge in [0.2, 0.25) is 0 Å². The second kappa shape index (κ2) is 10.6. The van der Waals surface area contributed by atoms with Crippen molar-refractivity contribution in [3.8, 4) is 5.75 Å². The third-order valence-corrected chi connectivity index (χ3v) is 3.22. The topological polar surface area (TPSA) is 129 Å². The highest BCUT2D eigenvalue weighted by Crippen LogP contribution is 2.15. The number of carbonyl (C=O) groups excluding carboxylic acids is 1. The number of hydrogen-bond donors (Lipinski definition) is 4. The van der Waals surface area contributed by atoms with Gasteiger partial charge >= 0.3 is 12.1 Å². The maximum absolute atomic E-state index is 11.9. The van der Waals surface area contributed by atoms with Crippen LogP contribution in [0.4, 0.5) is 4.79 Å². The van der Waals surface area contributed by atoms with E-state index >= 15 is 0 Å². The molecule has 9 nitrogen and oxygen atoms in total. The molecule has 1 atom stereocenters. The van der Waals surface area contributed by atoms with E-state index in [1.165, 1.54) is 0 Å². The summed E-state index contributed by atoms with van der Waals surface area (Å²) in [5.74, 6) is -0.711. The van der Waals surface area contributed by atoms with Crippen LogP contribution in [-0.2, 0) is 16.1 Å². The first-order valence-electron chi connectivity index (χ1n) is 7.88. The van der Waals surface area contributed by atoms with Gasteiger partial charge in [-0.25, -0.2) is 9.59 Å². The lowest BCUT2D eigenvalue weighted by atomic mass is 10.0. The van der Waals surface area contributed by atoms with Gasteiger partial charge in [-0.3, -0.25) is 15.3 Å². The molecule has 9 heteroatoms. The highest BCUT2D eigenvalue weighted by Gasteiger charge is 2.22. The summed E-state index contributed by atoms with van der Waals surface area (Å²) < 4.78 is 5.13. The molecule has 0 spiro atoms. The van der Waals surface area contributed by atoms with Gasteiger partial charge in [-0.1, -0.05) is 26.0 Å². The Morgan fingerprint density at radius 3 is 2.60 bits per heavy atom. The van der Waals surface area contributed by atoms with Crippen LogP contribution in [0.3, 0.4) is 0 Å². The van der Waals surface area contributed by atoms with E-state index in [-0.39, 0.29) is 23.7 Å². The van der Waals surface area contributed by atoms with Crippen LogP contribution in [0.1, 0.15) is 32.3 Å². The SMILES string of the molecule is CC(C)CC(NC(=O)Oc1cccc(CCCON(O)O)c1)C(=O)O. The Bertz CT molecular complexity index is 563. The highest BCUT2D eigenvalue weighted by molar-refractivity contribution is 5.80. The molecule has 1 aromatic rings. The minimum absolute atomic E-state index is 0.105. The largest absolute Gasteiger partial charge is 0.480 e. The number of carboxylic acids is 1. The number of nitrogens with one attached hydrogen (secondary N) is 1. The van der Waals surface area contributed by atoms with Gasteiger partial charge < -0.3 is 15.2 Å². The normalized spacial score (nSPS) is 12.2. The van der Waals surface area contributed by atoms with E-state index in [9.17, 15) is 9.59 Å². The molecule has 25 heavy (non-hydrogen) atoms. The Morgan fingerprint density at radius 1 is 1.28 bits per heavy atom. The number of rotatable bonds is 10. The quantitative estimate of drug-likeness (QED) is 0.371. The number of nitrogens with zero attached hydrogens (tertiary/aromatic N) is 1. The van der Waals surface area contributed by atoms with E-state index in [0.717, 1.165) is 5.56 Å². The van der Waals surface area contributed by atoms with Crippen molar-refractivity contribution < 1.29 is 34.7 Å². The van der Waals surface area contributed by atoms with E-state index < -0.39 is 18.1 Å². The van der Waals surface area contributed by atoms with Gasteiger partial charge in [0.15, 0.2) is 0 Å². The van der Waals surface area contributed by atoms with E-state index in [2.05, 4.69) is 10.2 Å². The van der Waals surface area contributed by atoms with Crippen LogP contribution in [0.5, 0.6) is 5.75 Å². The Morgan fingerprint density at radius 2 is 2.00 bits per heavy atom. The maximum atomic E-state index is 11.9. The van der Waals surface area contributed by atoms with Crippen molar-refractivity contribution in [2.45, 2.75) is 39.2 Å². The molecule has 0 aliphatic heterocycles. The molecule has 0 aliphatic rings. The first kappa shape index (κ1) is 20.8. The van der Waals surface area contributed by atoms with Crippen molar-refractivity contribution in [2.75, 3.05) is 6.61 Å². The summed E-state index contributed by atoms with van der Waals surface area (Å²) in [6, 6.07) is 5.74. The second-order valence-electron chi connectivity index (χ2n) is 5.89. The molecule has 0 radical (unpaired) electrons. The molecule has 4 N–H and O–H groups in total. The lowest BCUT2D eigenvalue weighted by Crippen LogP contribution is -2.43. The zero-order valence-corrected chi connectivity index (χ0v) is 14.2. The fourth-order valence-electron chi connectivity index (χ4n) is 2.16. The first-order chi connectivity index (χ1) is 11.8. The number of aliphatic carboxylic acids is 1. The van der Waals surface area contributed by atoms with Crippen LogP contribution in [0.25, 0.3) is 0 Å². The molecule has 1 aromatic carbocycles. The Labute approximate surface area is 145 Å². The van der Waals surface area contributed by atoms with Gasteiger partial charge in [0.25, 0.3) is 0 Å². The van der Waals surface area contributed by atoms with E-state index in [4.69, 9.17) is 20.3 Å². The Hall–Kier alpha value is -2.20. The van der Waals surface area contributed by atoms with Crippen molar-refractivity contribution in [1.82, 2.24) is 10.7 Å². The average Bonchev–Trinajstić information content (AvgIpc) is 2.50. The summed E-state index contributed by atoms with van der Waals surface area (Å²) in [5.41, 5.74) is 0.855. The van der Waals surface area contributed by atoms with Crippen molar-refractivity contribution in [3.63, 3.8) is 0 Å². The van der Waals surface area contributed by atoms with Crippen LogP contribution >= 0.6 is 0 Å². The zero-order valence-electron chi connectivity index (χ0n) is 14.2. The minimum Gasteiger partial charge on any atom is -0.480 e. The van der Waals surface area contributed by atoms with E-state index in [1.807, 2.05) is 19.9 Å². The molecule has 0 heterocycles. The molecule has 0 fully saturated rings. The fourth-order valence-corrected chi connectivity index (χ4v) is 2.16. The van der Waals surface area contributed by atoms with Crippen LogP contribution in [0.2, 0.25) is 0 Å². The first-order valence-corrected chi connectivity index (χ1v) is 7.88. The number of hydrogen-bond acceptors (Lipinski definition) is 7. The van der Waals surface area contributed by atoms with Crippen LogP contribution in [0.15, 0.2) is 24.3 Å². The molecule has 0 saturated heterocycles. The molecule has 1 unspecified atom stereocenters. The van der Waals surface area contributed by atoms with Gasteiger partial charge in [0.05, 0.1) is 12.0 Å². The van der Waals surface area contributed by atoms with Crippen molar-refractivity contribution in [2.24, 2.45) is 5.92 Å². The molecule has 140 valence electrons. The number of ether oxygens (including phenoxy) is 1. The van der Waals surface area contributed by atoms with E-state index in [0.29, 0.717) is 19.3 Å². The maximum Gasteiger partial charge on any atom is 0.413 e. The number of aryl methyl sites for hydroxylation is 1.